The van der Waals surface area contributed by atoms with Gasteiger partial charge >= 0.3 is 0 Å². The molecule has 0 heterocycles. The van der Waals surface area contributed by atoms with Crippen molar-refractivity contribution >= 4 is 31.6 Å². The molecule has 8 nitrogen and oxygen atoms in total. The summed E-state index contributed by atoms with van der Waals surface area (Å²) in [6.45, 7) is 3.51. The zero-order valence-corrected chi connectivity index (χ0v) is 18.2. The van der Waals surface area contributed by atoms with Crippen LogP contribution in [0.3, 0.4) is 0 Å². The van der Waals surface area contributed by atoms with Crippen LogP contribution in [0.25, 0.3) is 0 Å². The van der Waals surface area contributed by atoms with Crippen LogP contribution >= 0.6 is 0 Å². The fraction of sp³-hybridized carbons (Fsp3) is 0.316. The lowest BCUT2D eigenvalue weighted by Gasteiger charge is -2.19. The zero-order valence-electron chi connectivity index (χ0n) is 16.5. The SMILES string of the molecule is CCS(=O)(=O)N(C)c1cccc(C(=O)NCCNS(=O)(=O)c2ccc(C)cc2)c1. The molecule has 2 aromatic rings. The third-order valence-electron chi connectivity index (χ3n) is 4.29. The maximum absolute atomic E-state index is 12.3. The van der Waals surface area contributed by atoms with Crippen molar-refractivity contribution in [2.75, 3.05) is 30.2 Å². The number of rotatable bonds is 9. The second-order valence-electron chi connectivity index (χ2n) is 6.39. The Labute approximate surface area is 172 Å². The number of benzene rings is 2. The quantitative estimate of drug-likeness (QED) is 0.575. The number of carbonyl (C=O) groups is 1. The minimum Gasteiger partial charge on any atom is -0.351 e. The van der Waals surface area contributed by atoms with E-state index >= 15 is 0 Å². The molecule has 0 aromatic heterocycles. The van der Waals surface area contributed by atoms with Gasteiger partial charge in [0.2, 0.25) is 20.0 Å². The van der Waals surface area contributed by atoms with Gasteiger partial charge < -0.3 is 5.32 Å². The number of hydrogen-bond donors (Lipinski definition) is 2. The molecule has 0 aliphatic heterocycles. The van der Waals surface area contributed by atoms with Crippen LogP contribution < -0.4 is 14.3 Å². The predicted molar refractivity (Wildman–Crippen MR) is 113 cm³/mol. The third kappa shape index (κ3) is 6.02. The van der Waals surface area contributed by atoms with Crippen LogP contribution in [-0.4, -0.2) is 48.6 Å². The number of amides is 1. The van der Waals surface area contributed by atoms with Crippen molar-refractivity contribution in [1.82, 2.24) is 10.0 Å². The van der Waals surface area contributed by atoms with E-state index < -0.39 is 26.0 Å². The highest BCUT2D eigenvalue weighted by atomic mass is 32.2. The van der Waals surface area contributed by atoms with E-state index in [1.165, 1.54) is 25.2 Å². The molecule has 0 radical (unpaired) electrons. The Balaban J connectivity index is 1.94. The molecule has 1 amide bonds. The summed E-state index contributed by atoms with van der Waals surface area (Å²) in [6.07, 6.45) is 0. The van der Waals surface area contributed by atoms with Gasteiger partial charge in [-0.25, -0.2) is 21.6 Å². The topological polar surface area (TPSA) is 113 Å². The average molecular weight is 440 g/mol. The lowest BCUT2D eigenvalue weighted by Crippen LogP contribution is -2.34. The first kappa shape index (κ1) is 22.9. The smallest absolute Gasteiger partial charge is 0.251 e. The summed E-state index contributed by atoms with van der Waals surface area (Å²) >= 11 is 0. The van der Waals surface area contributed by atoms with E-state index in [4.69, 9.17) is 0 Å². The molecule has 158 valence electrons. The van der Waals surface area contributed by atoms with Crippen LogP contribution in [0.1, 0.15) is 22.8 Å². The molecule has 2 aromatic carbocycles. The minimum atomic E-state index is -3.65. The molecule has 0 fully saturated rings. The normalized spacial score (nSPS) is 11.8. The summed E-state index contributed by atoms with van der Waals surface area (Å²) in [5, 5.41) is 2.62. The van der Waals surface area contributed by atoms with Crippen LogP contribution in [-0.2, 0) is 20.0 Å². The third-order valence-corrected chi connectivity index (χ3v) is 7.54. The second-order valence-corrected chi connectivity index (χ2v) is 10.4. The van der Waals surface area contributed by atoms with Crippen molar-refractivity contribution in [2.24, 2.45) is 0 Å². The van der Waals surface area contributed by atoms with Gasteiger partial charge in [-0.2, -0.15) is 0 Å². The van der Waals surface area contributed by atoms with E-state index in [0.717, 1.165) is 9.87 Å². The molecule has 0 aliphatic rings. The molecule has 29 heavy (non-hydrogen) atoms. The van der Waals surface area contributed by atoms with Gasteiger partial charge in [-0.15, -0.1) is 0 Å². The fourth-order valence-electron chi connectivity index (χ4n) is 2.46. The fourth-order valence-corrected chi connectivity index (χ4v) is 4.32. The highest BCUT2D eigenvalue weighted by molar-refractivity contribution is 7.92. The first-order chi connectivity index (χ1) is 13.6. The summed E-state index contributed by atoms with van der Waals surface area (Å²) in [6, 6.07) is 12.7. The van der Waals surface area contributed by atoms with Gasteiger partial charge in [-0.1, -0.05) is 23.8 Å². The van der Waals surface area contributed by atoms with E-state index in [2.05, 4.69) is 10.0 Å². The first-order valence-corrected chi connectivity index (χ1v) is 12.1. The van der Waals surface area contributed by atoms with Crippen LogP contribution in [0.2, 0.25) is 0 Å². The molecular weight excluding hydrogens is 414 g/mol. The van der Waals surface area contributed by atoms with E-state index in [9.17, 15) is 21.6 Å². The highest BCUT2D eigenvalue weighted by Gasteiger charge is 2.17. The summed E-state index contributed by atoms with van der Waals surface area (Å²) in [4.78, 5) is 12.5. The minimum absolute atomic E-state index is 0.0196. The molecule has 2 rings (SSSR count). The lowest BCUT2D eigenvalue weighted by atomic mass is 10.2. The monoisotopic (exact) mass is 439 g/mol. The summed E-state index contributed by atoms with van der Waals surface area (Å²) in [5.74, 6) is -0.482. The van der Waals surface area contributed by atoms with Crippen LogP contribution in [0.5, 0.6) is 0 Å². The molecule has 0 spiro atoms. The Morgan fingerprint density at radius 1 is 1.00 bits per heavy atom. The van der Waals surface area contributed by atoms with Crippen molar-refractivity contribution < 1.29 is 21.6 Å². The largest absolute Gasteiger partial charge is 0.351 e. The van der Waals surface area contributed by atoms with Crippen molar-refractivity contribution in [1.29, 1.82) is 0 Å². The van der Waals surface area contributed by atoms with Crippen LogP contribution in [0, 0.1) is 6.92 Å². The Morgan fingerprint density at radius 2 is 1.66 bits per heavy atom. The van der Waals surface area contributed by atoms with Crippen LogP contribution in [0.15, 0.2) is 53.4 Å². The highest BCUT2D eigenvalue weighted by Crippen LogP contribution is 2.18. The number of nitrogens with zero attached hydrogens (tertiary/aromatic N) is 1. The number of aryl methyl sites for hydroxylation is 1. The van der Waals surface area contributed by atoms with Crippen molar-refractivity contribution in [3.8, 4) is 0 Å². The van der Waals surface area contributed by atoms with Gasteiger partial charge in [0.1, 0.15) is 0 Å². The standard InChI is InChI=1S/C19H25N3O5S2/c1-4-28(24,25)22(3)17-7-5-6-16(14-17)19(23)20-12-13-21-29(26,27)18-10-8-15(2)9-11-18/h5-11,14,21H,4,12-13H2,1-3H3,(H,20,23). The number of sulfonamides is 2. The first-order valence-electron chi connectivity index (χ1n) is 8.98. The molecular formula is C19H25N3O5S2. The number of hydrogen-bond acceptors (Lipinski definition) is 5. The Hall–Kier alpha value is -2.43. The number of carbonyl (C=O) groups excluding carboxylic acids is 1. The summed E-state index contributed by atoms with van der Waals surface area (Å²) in [7, 11) is -5.66. The van der Waals surface area contributed by atoms with Gasteiger partial charge in [0.25, 0.3) is 5.91 Å². The van der Waals surface area contributed by atoms with Crippen molar-refractivity contribution in [2.45, 2.75) is 18.7 Å². The van der Waals surface area contributed by atoms with Gasteiger partial charge in [-0.3, -0.25) is 9.10 Å². The Bertz CT molecular complexity index is 1070. The van der Waals surface area contributed by atoms with E-state index in [-0.39, 0.29) is 29.3 Å². The second kappa shape index (κ2) is 9.38. The Morgan fingerprint density at radius 3 is 2.28 bits per heavy atom. The van der Waals surface area contributed by atoms with E-state index in [1.54, 1.807) is 37.3 Å². The Kier molecular flexibility index (Phi) is 7.39. The number of nitrogens with one attached hydrogen (secondary N) is 2. The maximum Gasteiger partial charge on any atom is 0.251 e. The molecule has 0 bridgehead atoms. The lowest BCUT2D eigenvalue weighted by molar-refractivity contribution is 0.0954. The molecule has 0 unspecified atom stereocenters. The number of anilines is 1. The van der Waals surface area contributed by atoms with Gasteiger partial charge in [0.15, 0.2) is 0 Å². The van der Waals surface area contributed by atoms with E-state index in [0.29, 0.717) is 5.69 Å². The molecule has 0 saturated heterocycles. The van der Waals surface area contributed by atoms with Crippen molar-refractivity contribution in [3.63, 3.8) is 0 Å². The summed E-state index contributed by atoms with van der Waals surface area (Å²) in [5.41, 5.74) is 1.61. The molecule has 0 aliphatic carbocycles. The van der Waals surface area contributed by atoms with Gasteiger partial charge in [0.05, 0.1) is 16.3 Å². The summed E-state index contributed by atoms with van der Waals surface area (Å²) < 4.78 is 51.9. The zero-order chi connectivity index (χ0) is 21.7. The molecule has 2 N–H and O–H groups in total. The molecule has 0 atom stereocenters. The predicted octanol–water partition coefficient (Wildman–Crippen LogP) is 1.49. The average Bonchev–Trinajstić information content (AvgIpc) is 2.70. The maximum atomic E-state index is 12.3. The van der Waals surface area contributed by atoms with Crippen LogP contribution in [0.4, 0.5) is 5.69 Å². The van der Waals surface area contributed by atoms with Gasteiger partial charge in [0, 0.05) is 25.7 Å². The van der Waals surface area contributed by atoms with Crippen molar-refractivity contribution in [3.05, 3.63) is 59.7 Å². The van der Waals surface area contributed by atoms with Gasteiger partial charge in [-0.05, 0) is 44.2 Å². The molecule has 0 saturated carbocycles. The molecule has 10 heteroatoms. The van der Waals surface area contributed by atoms with E-state index in [1.807, 2.05) is 6.92 Å².